The third-order valence-electron chi connectivity index (χ3n) is 5.98. The van der Waals surface area contributed by atoms with E-state index in [1.807, 2.05) is 24.3 Å². The third kappa shape index (κ3) is 4.38. The number of ether oxygens (including phenoxy) is 2. The van der Waals surface area contributed by atoms with Gasteiger partial charge in [-0.15, -0.1) is 0 Å². The lowest BCUT2D eigenvalue weighted by atomic mass is 10.0. The number of amides is 4. The zero-order valence-corrected chi connectivity index (χ0v) is 18.3. The molecule has 2 fully saturated rings. The van der Waals surface area contributed by atoms with E-state index in [4.69, 9.17) is 15.0 Å². The predicted octanol–water partition coefficient (Wildman–Crippen LogP) is 1.39. The lowest BCUT2D eigenvalue weighted by molar-refractivity contribution is -0.143. The Morgan fingerprint density at radius 1 is 1.15 bits per heavy atom. The van der Waals surface area contributed by atoms with Gasteiger partial charge >= 0.3 is 0 Å². The molecule has 0 aromatic heterocycles. The maximum atomic E-state index is 13.2. The van der Waals surface area contributed by atoms with E-state index in [1.54, 1.807) is 17.0 Å². The van der Waals surface area contributed by atoms with Crippen LogP contribution in [0.4, 0.5) is 0 Å². The largest absolute Gasteiger partial charge is 0.489 e. The van der Waals surface area contributed by atoms with E-state index in [-0.39, 0.29) is 36.5 Å². The maximum absolute atomic E-state index is 13.2. The first-order valence-electron chi connectivity index (χ1n) is 12.8. The number of nitrogens with one attached hydrogen (secondary N) is 1. The van der Waals surface area contributed by atoms with Crippen LogP contribution in [0.25, 0.3) is 0 Å². The summed E-state index contributed by atoms with van der Waals surface area (Å²) in [5.41, 5.74) is 2.46. The van der Waals surface area contributed by atoms with E-state index < -0.39 is 36.5 Å². The Hall–Kier alpha value is -3.72. The number of piperidine rings is 1. The molecule has 0 radical (unpaired) electrons. The van der Waals surface area contributed by atoms with Gasteiger partial charge in [0.05, 0.1) is 14.5 Å². The summed E-state index contributed by atoms with van der Waals surface area (Å²) < 4.78 is 43.3. The molecule has 34 heavy (non-hydrogen) atoms. The predicted molar refractivity (Wildman–Crippen MR) is 119 cm³/mol. The summed E-state index contributed by atoms with van der Waals surface area (Å²) in [6.45, 7) is 1.61. The van der Waals surface area contributed by atoms with Gasteiger partial charge in [-0.2, -0.15) is 0 Å². The Morgan fingerprint density at radius 2 is 1.94 bits per heavy atom. The Balaban J connectivity index is 1.29. The fraction of sp³-hybridized carbons (Fsp3) is 0.360. The van der Waals surface area contributed by atoms with E-state index >= 15 is 0 Å². The smallest absolute Gasteiger partial charge is 0.255 e. The molecule has 0 saturated carbocycles. The second-order valence-corrected chi connectivity index (χ2v) is 8.17. The summed E-state index contributed by atoms with van der Waals surface area (Å²) >= 11 is 0. The average Bonchev–Trinajstić information content (AvgIpc) is 3.25. The normalized spacial score (nSPS) is 26.1. The molecule has 2 aromatic carbocycles. The molecular weight excluding hydrogens is 438 g/mol. The van der Waals surface area contributed by atoms with Gasteiger partial charge in [0, 0.05) is 33.3 Å². The van der Waals surface area contributed by atoms with E-state index in [9.17, 15) is 19.2 Å². The van der Waals surface area contributed by atoms with Crippen molar-refractivity contribution in [1.29, 1.82) is 0 Å². The average molecular weight is 468 g/mol. The van der Waals surface area contributed by atoms with Gasteiger partial charge < -0.3 is 19.3 Å². The van der Waals surface area contributed by atoms with Crippen molar-refractivity contribution in [2.45, 2.75) is 38.5 Å². The molecule has 9 nitrogen and oxygen atoms in total. The van der Waals surface area contributed by atoms with Crippen molar-refractivity contribution in [1.82, 2.24) is 15.1 Å². The van der Waals surface area contributed by atoms with Gasteiger partial charge in [0.15, 0.2) is 1.41 Å². The molecule has 1 N–H and O–H groups in total. The van der Waals surface area contributed by atoms with E-state index in [0.29, 0.717) is 31.0 Å². The van der Waals surface area contributed by atoms with Gasteiger partial charge in [-0.3, -0.25) is 24.5 Å². The minimum atomic E-state index is -2.65. The lowest BCUT2D eigenvalue weighted by Crippen LogP contribution is -2.52. The summed E-state index contributed by atoms with van der Waals surface area (Å²) in [6, 6.07) is 9.91. The van der Waals surface area contributed by atoms with Crippen molar-refractivity contribution < 1.29 is 34.2 Å². The fourth-order valence-corrected chi connectivity index (χ4v) is 4.14. The first-order chi connectivity index (χ1) is 18.0. The van der Waals surface area contributed by atoms with Gasteiger partial charge in [0.2, 0.25) is 17.7 Å². The first kappa shape index (κ1) is 17.7. The minimum absolute atomic E-state index is 0.0484. The highest BCUT2D eigenvalue weighted by molar-refractivity contribution is 6.05. The van der Waals surface area contributed by atoms with Crippen LogP contribution in [-0.4, -0.2) is 59.2 Å². The number of nitrogens with zero attached hydrogens (tertiary/aromatic N) is 2. The van der Waals surface area contributed by atoms with Crippen LogP contribution in [0.15, 0.2) is 42.5 Å². The van der Waals surface area contributed by atoms with Crippen LogP contribution >= 0.6 is 0 Å². The highest BCUT2D eigenvalue weighted by Crippen LogP contribution is 2.34. The van der Waals surface area contributed by atoms with Crippen LogP contribution in [0, 0.1) is 0 Å². The quantitative estimate of drug-likeness (QED) is 0.644. The highest BCUT2D eigenvalue weighted by atomic mass is 16.5. The van der Waals surface area contributed by atoms with Crippen molar-refractivity contribution >= 4 is 23.6 Å². The molecule has 2 saturated heterocycles. The number of morpholine rings is 1. The van der Waals surface area contributed by atoms with Gasteiger partial charge in [0.1, 0.15) is 25.0 Å². The fourth-order valence-electron chi connectivity index (χ4n) is 4.14. The summed E-state index contributed by atoms with van der Waals surface area (Å²) in [6.07, 6.45) is -3.52. The van der Waals surface area contributed by atoms with E-state index in [2.05, 4.69) is 0 Å². The number of carbonyl (C=O) groups is 4. The van der Waals surface area contributed by atoms with Crippen LogP contribution in [-0.2, 0) is 38.8 Å². The van der Waals surface area contributed by atoms with E-state index in [1.165, 1.54) is 6.07 Å². The van der Waals surface area contributed by atoms with Crippen LogP contribution in [0.2, 0.25) is 1.41 Å². The summed E-state index contributed by atoms with van der Waals surface area (Å²) in [5.74, 6) is -2.99. The third-order valence-corrected chi connectivity index (χ3v) is 5.98. The molecule has 5 rings (SSSR count). The standard InChI is InChI=1S/C25H25N3O6/c29-22-9-8-20(24(31)26-22)28-13-19-18(25(28)32)2-1-3-21(19)34-14-17-6-4-16(5-7-17)12-27-10-11-33-15-23(27)30/h1-7,20H,8-15H2,(H,26,29,31)/i9D2,20D/hD. The molecule has 2 aromatic rings. The molecule has 3 heterocycles. The van der Waals surface area contributed by atoms with Gasteiger partial charge in [-0.05, 0) is 29.7 Å². The van der Waals surface area contributed by atoms with Crippen LogP contribution < -0.4 is 10.0 Å². The molecule has 176 valence electrons. The number of hydrogen-bond acceptors (Lipinski definition) is 6. The molecule has 3 aliphatic rings. The molecule has 9 heteroatoms. The molecule has 3 aliphatic heterocycles. The molecular formula is C25H25N3O6. The Labute approximate surface area is 202 Å². The van der Waals surface area contributed by atoms with Gasteiger partial charge in [-0.25, -0.2) is 0 Å². The molecule has 4 amide bonds. The molecule has 0 spiro atoms. The van der Waals surface area contributed by atoms with Crippen molar-refractivity contribution in [3.8, 4) is 5.75 Å². The minimum Gasteiger partial charge on any atom is -0.489 e. The SMILES string of the molecule is [2H]N1C(=O)C([2H])([2H])CC([2H])(N2Cc3c(OCc4ccc(CN5CCOCC5=O)cc4)cccc3C2=O)C1=O. The maximum Gasteiger partial charge on any atom is 0.255 e. The second kappa shape index (κ2) is 9.26. The molecule has 1 atom stereocenters. The molecule has 1 unspecified atom stereocenters. The van der Waals surface area contributed by atoms with E-state index in [0.717, 1.165) is 16.0 Å². The Bertz CT molecular complexity index is 1320. The van der Waals surface area contributed by atoms with Crippen molar-refractivity contribution in [2.75, 3.05) is 19.8 Å². The number of benzene rings is 2. The van der Waals surface area contributed by atoms with Gasteiger partial charge in [-0.1, -0.05) is 30.3 Å². The zero-order chi connectivity index (χ0) is 27.2. The number of rotatable bonds is 6. The van der Waals surface area contributed by atoms with Crippen molar-refractivity contribution in [3.05, 3.63) is 64.7 Å². The Kier molecular flexibility index (Phi) is 4.83. The molecule has 0 aliphatic carbocycles. The Morgan fingerprint density at radius 3 is 2.74 bits per heavy atom. The first-order valence-corrected chi connectivity index (χ1v) is 10.9. The highest BCUT2D eigenvalue weighted by Gasteiger charge is 2.40. The summed E-state index contributed by atoms with van der Waals surface area (Å²) in [4.78, 5) is 52.4. The summed E-state index contributed by atoms with van der Waals surface area (Å²) in [5, 5.41) is -0.164. The van der Waals surface area contributed by atoms with Gasteiger partial charge in [0.25, 0.3) is 5.91 Å². The number of imide groups is 1. The van der Waals surface area contributed by atoms with Crippen LogP contribution in [0.1, 0.15) is 44.0 Å². The monoisotopic (exact) mass is 467 g/mol. The number of carbonyl (C=O) groups excluding carboxylic acids is 4. The van der Waals surface area contributed by atoms with Crippen molar-refractivity contribution in [3.63, 3.8) is 0 Å². The van der Waals surface area contributed by atoms with Crippen LogP contribution in [0.3, 0.4) is 0 Å². The lowest BCUT2D eigenvalue weighted by Gasteiger charge is -2.29. The summed E-state index contributed by atoms with van der Waals surface area (Å²) in [7, 11) is 0. The van der Waals surface area contributed by atoms with Crippen LogP contribution in [0.5, 0.6) is 5.75 Å². The number of hydrogen-bond donors (Lipinski definition) is 1. The topological polar surface area (TPSA) is 105 Å². The molecule has 0 bridgehead atoms. The second-order valence-electron chi connectivity index (χ2n) is 8.17. The number of fused-ring (bicyclic) bond motifs is 1. The zero-order valence-electron chi connectivity index (χ0n) is 22.3. The van der Waals surface area contributed by atoms with Crippen molar-refractivity contribution in [2.24, 2.45) is 0 Å².